The monoisotopic (exact) mass is 229 g/mol. The van der Waals surface area contributed by atoms with Gasteiger partial charge in [-0.3, -0.25) is 4.79 Å². The second-order valence-electron chi connectivity index (χ2n) is 3.38. The molecule has 0 aliphatic heterocycles. The molecule has 0 aromatic heterocycles. The van der Waals surface area contributed by atoms with E-state index < -0.39 is 23.6 Å². The zero-order valence-corrected chi connectivity index (χ0v) is 8.84. The number of carboxylic acids is 1. The van der Waals surface area contributed by atoms with Crippen LogP contribution in [0.2, 0.25) is 0 Å². The molecule has 0 radical (unpaired) electrons. The fourth-order valence-electron chi connectivity index (χ4n) is 1.46. The summed E-state index contributed by atoms with van der Waals surface area (Å²) in [6.45, 7) is 2.37. The fraction of sp³-hybridized carbons (Fsp3) is 0.364. The van der Waals surface area contributed by atoms with Crippen molar-refractivity contribution in [2.24, 2.45) is 0 Å². The lowest BCUT2D eigenvalue weighted by molar-refractivity contribution is -0.137. The fourth-order valence-corrected chi connectivity index (χ4v) is 1.46. The molecule has 1 unspecified atom stereocenters. The summed E-state index contributed by atoms with van der Waals surface area (Å²) < 4.78 is 25.7. The zero-order valence-electron chi connectivity index (χ0n) is 8.84. The van der Waals surface area contributed by atoms with Crippen molar-refractivity contribution in [1.82, 2.24) is 5.32 Å². The standard InChI is InChI=1S/C11H13F2NO2/c1-2-14-10(6-11(15)16)7-3-4-8(12)9(13)5-7/h3-5,10,14H,2,6H2,1H3,(H,15,16). The van der Waals surface area contributed by atoms with Gasteiger partial charge >= 0.3 is 5.97 Å². The van der Waals surface area contributed by atoms with Crippen molar-refractivity contribution < 1.29 is 18.7 Å². The highest BCUT2D eigenvalue weighted by atomic mass is 19.2. The molecule has 0 saturated carbocycles. The third-order valence-electron chi connectivity index (χ3n) is 2.18. The Bertz CT molecular complexity index is 382. The first-order chi connectivity index (χ1) is 7.54. The number of rotatable bonds is 5. The number of halogens is 2. The number of carbonyl (C=O) groups is 1. The SMILES string of the molecule is CCNC(CC(=O)O)c1ccc(F)c(F)c1. The van der Waals surface area contributed by atoms with Gasteiger partial charge in [0, 0.05) is 6.04 Å². The first-order valence-corrected chi connectivity index (χ1v) is 4.94. The molecule has 0 saturated heterocycles. The molecule has 0 spiro atoms. The lowest BCUT2D eigenvalue weighted by Gasteiger charge is -2.16. The van der Waals surface area contributed by atoms with Gasteiger partial charge in [-0.25, -0.2) is 8.78 Å². The molecule has 0 heterocycles. The second kappa shape index (κ2) is 5.55. The van der Waals surface area contributed by atoms with Gasteiger partial charge in [-0.2, -0.15) is 0 Å². The van der Waals surface area contributed by atoms with Crippen LogP contribution in [-0.2, 0) is 4.79 Å². The maximum absolute atomic E-state index is 13.0. The third kappa shape index (κ3) is 3.27. The van der Waals surface area contributed by atoms with Crippen molar-refractivity contribution in [3.63, 3.8) is 0 Å². The minimum Gasteiger partial charge on any atom is -0.481 e. The molecule has 16 heavy (non-hydrogen) atoms. The minimum atomic E-state index is -0.990. The van der Waals surface area contributed by atoms with Gasteiger partial charge in [0.25, 0.3) is 0 Å². The maximum atomic E-state index is 13.0. The van der Waals surface area contributed by atoms with E-state index in [0.717, 1.165) is 12.1 Å². The smallest absolute Gasteiger partial charge is 0.305 e. The van der Waals surface area contributed by atoms with Gasteiger partial charge in [-0.1, -0.05) is 13.0 Å². The topological polar surface area (TPSA) is 49.3 Å². The Morgan fingerprint density at radius 1 is 1.44 bits per heavy atom. The Kier molecular flexibility index (Phi) is 4.37. The predicted octanol–water partition coefficient (Wildman–Crippen LogP) is 2.09. The first-order valence-electron chi connectivity index (χ1n) is 4.94. The van der Waals surface area contributed by atoms with Crippen LogP contribution in [0.4, 0.5) is 8.78 Å². The highest BCUT2D eigenvalue weighted by Gasteiger charge is 2.15. The summed E-state index contributed by atoms with van der Waals surface area (Å²) in [5, 5.41) is 11.6. The number of nitrogens with one attached hydrogen (secondary N) is 1. The van der Waals surface area contributed by atoms with E-state index in [0.29, 0.717) is 12.1 Å². The van der Waals surface area contributed by atoms with Gasteiger partial charge in [0.2, 0.25) is 0 Å². The minimum absolute atomic E-state index is 0.168. The van der Waals surface area contributed by atoms with Crippen LogP contribution >= 0.6 is 0 Å². The molecule has 0 fully saturated rings. The molecule has 0 aliphatic rings. The highest BCUT2D eigenvalue weighted by molar-refractivity contribution is 5.67. The Balaban J connectivity index is 2.91. The zero-order chi connectivity index (χ0) is 12.1. The number of aliphatic carboxylic acids is 1. The first kappa shape index (κ1) is 12.6. The number of benzene rings is 1. The van der Waals surface area contributed by atoms with Crippen LogP contribution in [0.15, 0.2) is 18.2 Å². The van der Waals surface area contributed by atoms with Crippen LogP contribution in [0.5, 0.6) is 0 Å². The van der Waals surface area contributed by atoms with Crippen molar-refractivity contribution in [2.75, 3.05) is 6.54 Å². The lowest BCUT2D eigenvalue weighted by Crippen LogP contribution is -2.23. The molecule has 0 bridgehead atoms. The van der Waals surface area contributed by atoms with Crippen molar-refractivity contribution >= 4 is 5.97 Å². The van der Waals surface area contributed by atoms with E-state index in [-0.39, 0.29) is 6.42 Å². The highest BCUT2D eigenvalue weighted by Crippen LogP contribution is 2.19. The largest absolute Gasteiger partial charge is 0.481 e. The van der Waals surface area contributed by atoms with E-state index in [2.05, 4.69) is 5.32 Å². The van der Waals surface area contributed by atoms with Crippen LogP contribution in [0.3, 0.4) is 0 Å². The van der Waals surface area contributed by atoms with Gasteiger partial charge in [0.05, 0.1) is 6.42 Å². The maximum Gasteiger partial charge on any atom is 0.305 e. The van der Waals surface area contributed by atoms with E-state index in [1.54, 1.807) is 0 Å². The van der Waals surface area contributed by atoms with E-state index in [1.807, 2.05) is 6.92 Å². The van der Waals surface area contributed by atoms with Gasteiger partial charge < -0.3 is 10.4 Å². The molecule has 2 N–H and O–H groups in total. The van der Waals surface area contributed by atoms with Crippen molar-refractivity contribution in [1.29, 1.82) is 0 Å². The van der Waals surface area contributed by atoms with Crippen molar-refractivity contribution in [2.45, 2.75) is 19.4 Å². The molecule has 1 rings (SSSR count). The van der Waals surface area contributed by atoms with Gasteiger partial charge in [0.15, 0.2) is 11.6 Å². The van der Waals surface area contributed by atoms with Crippen molar-refractivity contribution in [3.8, 4) is 0 Å². The summed E-state index contributed by atoms with van der Waals surface area (Å²) in [7, 11) is 0. The quantitative estimate of drug-likeness (QED) is 0.812. The second-order valence-corrected chi connectivity index (χ2v) is 3.38. The molecular weight excluding hydrogens is 216 g/mol. The Hall–Kier alpha value is -1.49. The molecule has 5 heteroatoms. The summed E-state index contributed by atoms with van der Waals surface area (Å²) in [6, 6.07) is 2.90. The molecular formula is C11H13F2NO2. The predicted molar refractivity (Wildman–Crippen MR) is 55.0 cm³/mol. The Labute approximate surface area is 92.1 Å². The molecule has 88 valence electrons. The molecule has 1 aromatic rings. The third-order valence-corrected chi connectivity index (χ3v) is 2.18. The summed E-state index contributed by atoms with van der Waals surface area (Å²) in [4.78, 5) is 10.6. The van der Waals surface area contributed by atoms with Crippen LogP contribution in [0.25, 0.3) is 0 Å². The van der Waals surface area contributed by atoms with E-state index in [9.17, 15) is 13.6 Å². The number of hydrogen-bond acceptors (Lipinski definition) is 2. The normalized spacial score (nSPS) is 12.4. The van der Waals surface area contributed by atoms with E-state index in [1.165, 1.54) is 6.07 Å². The summed E-state index contributed by atoms with van der Waals surface area (Å²) in [5.41, 5.74) is 0.433. The molecule has 1 aromatic carbocycles. The van der Waals surface area contributed by atoms with E-state index >= 15 is 0 Å². The van der Waals surface area contributed by atoms with Gasteiger partial charge in [-0.05, 0) is 24.2 Å². The number of hydrogen-bond donors (Lipinski definition) is 2. The van der Waals surface area contributed by atoms with Crippen LogP contribution in [0.1, 0.15) is 24.9 Å². The van der Waals surface area contributed by atoms with Crippen LogP contribution in [-0.4, -0.2) is 17.6 Å². The average Bonchev–Trinajstić information content (AvgIpc) is 2.21. The lowest BCUT2D eigenvalue weighted by atomic mass is 10.0. The van der Waals surface area contributed by atoms with Crippen molar-refractivity contribution in [3.05, 3.63) is 35.4 Å². The van der Waals surface area contributed by atoms with E-state index in [4.69, 9.17) is 5.11 Å². The molecule has 0 amide bonds. The number of carboxylic acid groups (broad SMARTS) is 1. The molecule has 0 aliphatic carbocycles. The van der Waals surface area contributed by atoms with Gasteiger partial charge in [-0.15, -0.1) is 0 Å². The molecule has 3 nitrogen and oxygen atoms in total. The Morgan fingerprint density at radius 3 is 2.62 bits per heavy atom. The molecule has 1 atom stereocenters. The van der Waals surface area contributed by atoms with Crippen LogP contribution in [0, 0.1) is 11.6 Å². The summed E-state index contributed by atoms with van der Waals surface area (Å²) in [5.74, 6) is -2.89. The van der Waals surface area contributed by atoms with Gasteiger partial charge in [0.1, 0.15) is 0 Å². The average molecular weight is 229 g/mol. The summed E-state index contributed by atoms with van der Waals surface area (Å²) in [6.07, 6.45) is -0.168. The van der Waals surface area contributed by atoms with Crippen LogP contribution < -0.4 is 5.32 Å². The Morgan fingerprint density at radius 2 is 2.12 bits per heavy atom. The summed E-state index contributed by atoms with van der Waals surface area (Å²) >= 11 is 0.